The van der Waals surface area contributed by atoms with Gasteiger partial charge in [0.15, 0.2) is 5.88 Å². The number of hydrogen-bond donors (Lipinski definition) is 5. The smallest absolute Gasteiger partial charge is 0.322 e. The van der Waals surface area contributed by atoms with Gasteiger partial charge in [0.05, 0.1) is 11.8 Å². The Balaban J connectivity index is 1.50. The minimum absolute atomic E-state index is 0.0395. The Morgan fingerprint density at radius 2 is 1.90 bits per heavy atom. The van der Waals surface area contributed by atoms with Gasteiger partial charge in [-0.25, -0.2) is 22.9 Å². The molecule has 5 N–H and O–H groups in total. The quantitative estimate of drug-likeness (QED) is 0.233. The molecule has 2 atom stereocenters. The number of nitrogens with one attached hydrogen (secondary N) is 4. The van der Waals surface area contributed by atoms with Crippen LogP contribution in [0.1, 0.15) is 56.4 Å². The van der Waals surface area contributed by atoms with Crippen molar-refractivity contribution in [2.75, 3.05) is 29.5 Å². The number of nitrogens with zero attached hydrogens (tertiary/aromatic N) is 2. The summed E-state index contributed by atoms with van der Waals surface area (Å²) in [6, 6.07) is 2.99. The van der Waals surface area contributed by atoms with Crippen LogP contribution >= 0.6 is 0 Å². The average Bonchev–Trinajstić information content (AvgIpc) is 3.26. The van der Waals surface area contributed by atoms with E-state index in [4.69, 9.17) is 4.42 Å². The number of likely N-dealkylation sites (tertiary alicyclic amines) is 1. The monoisotopic (exact) mass is 592 g/mol. The second-order valence-electron chi connectivity index (χ2n) is 10.3. The van der Waals surface area contributed by atoms with Gasteiger partial charge in [0.25, 0.3) is 0 Å². The molecule has 14 heteroatoms. The fourth-order valence-corrected chi connectivity index (χ4v) is 5.97. The van der Waals surface area contributed by atoms with E-state index >= 15 is 0 Å². The molecule has 0 aromatic carbocycles. The molecule has 3 rings (SSSR count). The molecule has 2 unspecified atom stereocenters. The Morgan fingerprint density at radius 1 is 1.20 bits per heavy atom. The van der Waals surface area contributed by atoms with E-state index in [0.29, 0.717) is 55.9 Å². The van der Waals surface area contributed by atoms with Crippen LogP contribution < -0.4 is 20.7 Å². The molecule has 41 heavy (non-hydrogen) atoms. The third-order valence-corrected chi connectivity index (χ3v) is 8.58. The maximum atomic E-state index is 13.0. The number of carbonyl (C=O) groups is 3. The van der Waals surface area contributed by atoms with Crippen molar-refractivity contribution >= 4 is 39.6 Å². The van der Waals surface area contributed by atoms with Crippen molar-refractivity contribution in [2.24, 2.45) is 0 Å². The minimum atomic E-state index is -3.75. The summed E-state index contributed by atoms with van der Waals surface area (Å²) in [4.78, 5) is 43.3. The molecule has 3 heterocycles. The van der Waals surface area contributed by atoms with Gasteiger partial charge < -0.3 is 14.8 Å². The lowest BCUT2D eigenvalue weighted by atomic mass is 10.0. The number of aromatic nitrogens is 1. The molecular weight excluding hydrogens is 552 g/mol. The molecule has 1 saturated heterocycles. The number of carboxylic acids is 1. The van der Waals surface area contributed by atoms with Crippen LogP contribution in [0.5, 0.6) is 0 Å². The number of pyridine rings is 1. The van der Waals surface area contributed by atoms with Crippen LogP contribution in [0.25, 0.3) is 0 Å². The lowest BCUT2D eigenvalue weighted by molar-refractivity contribution is -0.139. The predicted octanol–water partition coefficient (Wildman–Crippen LogP) is 2.62. The first-order valence-corrected chi connectivity index (χ1v) is 15.4. The summed E-state index contributed by atoms with van der Waals surface area (Å²) >= 11 is 0. The third kappa shape index (κ3) is 9.54. The highest BCUT2D eigenvalue weighted by Gasteiger charge is 2.29. The summed E-state index contributed by atoms with van der Waals surface area (Å²) in [6.45, 7) is 8.32. The van der Waals surface area contributed by atoms with Crippen molar-refractivity contribution < 1.29 is 32.3 Å². The number of anilines is 2. The number of hydrogen-bond acceptors (Lipinski definition) is 8. The number of unbranched alkanes of at least 4 members (excludes halogenated alkanes) is 1. The Hall–Kier alpha value is -3.49. The van der Waals surface area contributed by atoms with Gasteiger partial charge in [-0.1, -0.05) is 19.4 Å². The highest BCUT2D eigenvalue weighted by atomic mass is 32.2. The van der Waals surface area contributed by atoms with Gasteiger partial charge in [0, 0.05) is 37.8 Å². The normalized spacial score (nSPS) is 16.1. The molecule has 226 valence electrons. The Morgan fingerprint density at radius 3 is 2.54 bits per heavy atom. The zero-order valence-electron chi connectivity index (χ0n) is 23.9. The summed E-state index contributed by atoms with van der Waals surface area (Å²) in [5.74, 6) is -0.691. The van der Waals surface area contributed by atoms with Crippen LogP contribution in [-0.2, 0) is 26.0 Å². The first-order chi connectivity index (χ1) is 19.4. The standard InChI is InChI=1S/C27H40N6O7S/c1-5-6-14-41(38,39)32-22(26(35)36)15-20-16-23(40-19(20)4)30-25(34)18(3)33-12-9-21(10-13-33)29-27(37)31-24-17(2)8-7-11-28-24/h7-8,11,16,18,21-22,32H,5-6,9-10,12-15H2,1-4H3,(H,30,34)(H,35,36)(H2,28,29,31,37). The van der Waals surface area contributed by atoms with Crippen molar-refractivity contribution in [3.05, 3.63) is 41.3 Å². The van der Waals surface area contributed by atoms with Gasteiger partial charge >= 0.3 is 12.0 Å². The number of piperidine rings is 1. The van der Waals surface area contributed by atoms with Gasteiger partial charge in [-0.2, -0.15) is 0 Å². The van der Waals surface area contributed by atoms with E-state index in [1.807, 2.05) is 24.8 Å². The maximum Gasteiger partial charge on any atom is 0.322 e. The molecule has 3 amide bonds. The number of aryl methyl sites for hydroxylation is 2. The number of carbonyl (C=O) groups excluding carboxylic acids is 2. The van der Waals surface area contributed by atoms with Gasteiger partial charge in [-0.15, -0.1) is 0 Å². The van der Waals surface area contributed by atoms with E-state index in [-0.39, 0.29) is 36.0 Å². The second-order valence-corrected chi connectivity index (χ2v) is 12.2. The largest absolute Gasteiger partial charge is 0.480 e. The molecule has 0 radical (unpaired) electrons. The molecule has 0 saturated carbocycles. The molecule has 2 aromatic rings. The number of urea groups is 1. The van der Waals surface area contributed by atoms with Crippen LogP contribution in [-0.4, -0.2) is 78.3 Å². The lowest BCUT2D eigenvalue weighted by Gasteiger charge is -2.35. The summed E-state index contributed by atoms with van der Waals surface area (Å²) in [5, 5.41) is 18.0. The van der Waals surface area contributed by atoms with Crippen molar-refractivity contribution in [3.8, 4) is 0 Å². The molecule has 1 fully saturated rings. The van der Waals surface area contributed by atoms with Crippen LogP contribution in [0.15, 0.2) is 28.8 Å². The van der Waals surface area contributed by atoms with Gasteiger partial charge in [0.1, 0.15) is 17.6 Å². The predicted molar refractivity (Wildman–Crippen MR) is 154 cm³/mol. The van der Waals surface area contributed by atoms with Gasteiger partial charge in [-0.3, -0.25) is 25.1 Å². The van der Waals surface area contributed by atoms with Crippen LogP contribution in [0.2, 0.25) is 0 Å². The molecule has 1 aliphatic heterocycles. The van der Waals surface area contributed by atoms with Crippen LogP contribution in [0.3, 0.4) is 0 Å². The zero-order valence-corrected chi connectivity index (χ0v) is 24.7. The molecule has 1 aliphatic rings. The highest BCUT2D eigenvalue weighted by Crippen LogP contribution is 2.22. The number of amides is 3. The number of furan rings is 1. The van der Waals surface area contributed by atoms with E-state index in [1.54, 1.807) is 26.1 Å². The number of rotatable bonds is 13. The zero-order chi connectivity index (χ0) is 30.2. The number of carboxylic acid groups (broad SMARTS) is 1. The summed E-state index contributed by atoms with van der Waals surface area (Å²) in [5.41, 5.74) is 1.34. The summed E-state index contributed by atoms with van der Waals surface area (Å²) in [7, 11) is -3.75. The van der Waals surface area contributed by atoms with E-state index in [0.717, 1.165) is 5.56 Å². The highest BCUT2D eigenvalue weighted by molar-refractivity contribution is 7.89. The molecule has 2 aromatic heterocycles. The molecule has 13 nitrogen and oxygen atoms in total. The van der Waals surface area contributed by atoms with E-state index in [1.165, 1.54) is 6.07 Å². The van der Waals surface area contributed by atoms with Crippen molar-refractivity contribution in [1.82, 2.24) is 19.9 Å². The Labute approximate surface area is 240 Å². The fraction of sp³-hybridized carbons (Fsp3) is 0.556. The SMILES string of the molecule is CCCCS(=O)(=O)NC(Cc1cc(NC(=O)C(C)N2CCC(NC(=O)Nc3ncccc3C)CC2)oc1C)C(=O)O. The van der Waals surface area contributed by atoms with Crippen molar-refractivity contribution in [2.45, 2.75) is 77.9 Å². The average molecular weight is 593 g/mol. The van der Waals surface area contributed by atoms with Crippen molar-refractivity contribution in [3.63, 3.8) is 0 Å². The Kier molecular flexibility index (Phi) is 11.3. The van der Waals surface area contributed by atoms with Crippen LogP contribution in [0.4, 0.5) is 16.5 Å². The van der Waals surface area contributed by atoms with Gasteiger partial charge in [0.2, 0.25) is 15.9 Å². The topological polar surface area (TPSA) is 183 Å². The first kappa shape index (κ1) is 32.0. The molecule has 0 spiro atoms. The van der Waals surface area contributed by atoms with E-state index in [2.05, 4.69) is 25.7 Å². The first-order valence-electron chi connectivity index (χ1n) is 13.7. The van der Waals surface area contributed by atoms with Gasteiger partial charge in [-0.05, 0) is 57.2 Å². The molecule has 0 aliphatic carbocycles. The van der Waals surface area contributed by atoms with E-state index < -0.39 is 28.1 Å². The van der Waals surface area contributed by atoms with Crippen LogP contribution in [0, 0.1) is 13.8 Å². The molecule has 0 bridgehead atoms. The molecular formula is C27H40N6O7S. The lowest BCUT2D eigenvalue weighted by Crippen LogP contribution is -2.51. The number of sulfonamides is 1. The minimum Gasteiger partial charge on any atom is -0.480 e. The second kappa shape index (κ2) is 14.4. The maximum absolute atomic E-state index is 13.0. The van der Waals surface area contributed by atoms with Crippen molar-refractivity contribution in [1.29, 1.82) is 0 Å². The summed E-state index contributed by atoms with van der Waals surface area (Å²) < 4.78 is 32.3. The fourth-order valence-electron chi connectivity index (χ4n) is 4.56. The van der Waals surface area contributed by atoms with E-state index in [9.17, 15) is 27.9 Å². The number of aliphatic carboxylic acids is 1. The third-order valence-electron chi connectivity index (χ3n) is 7.11. The Bertz CT molecular complexity index is 1320. The summed E-state index contributed by atoms with van der Waals surface area (Å²) in [6.07, 6.45) is 3.91.